The van der Waals surface area contributed by atoms with Crippen molar-refractivity contribution in [3.8, 4) is 0 Å². The molecule has 0 unspecified atom stereocenters. The topological polar surface area (TPSA) is 54.9 Å². The van der Waals surface area contributed by atoms with Gasteiger partial charge in [-0.15, -0.1) is 0 Å². The standard InChI is InChI=1S/C13H10ClF3N2O2/c1-6-7(3-4-9(10(6)14)13(15,16)17)11(20)8-5-18-19(2)12(8)21/h3-5,18H,1-2H3. The number of aryl methyl sites for hydroxylation is 1. The first kappa shape index (κ1) is 15.4. The molecule has 4 nitrogen and oxygen atoms in total. The molecule has 112 valence electrons. The maximum atomic E-state index is 12.7. The van der Waals surface area contributed by atoms with E-state index in [4.69, 9.17) is 11.6 Å². The monoisotopic (exact) mass is 318 g/mol. The minimum atomic E-state index is -4.60. The number of aromatic nitrogens is 2. The lowest BCUT2D eigenvalue weighted by Crippen LogP contribution is -2.20. The van der Waals surface area contributed by atoms with E-state index in [1.807, 2.05) is 0 Å². The van der Waals surface area contributed by atoms with Crippen LogP contribution in [0.4, 0.5) is 13.2 Å². The van der Waals surface area contributed by atoms with Crippen LogP contribution in [0.5, 0.6) is 0 Å². The molecule has 1 aromatic heterocycles. The smallest absolute Gasteiger partial charge is 0.302 e. The highest BCUT2D eigenvalue weighted by atomic mass is 35.5. The zero-order valence-corrected chi connectivity index (χ0v) is 11.8. The third-order valence-corrected chi connectivity index (χ3v) is 3.61. The minimum absolute atomic E-state index is 0.0141. The Morgan fingerprint density at radius 2 is 1.90 bits per heavy atom. The summed E-state index contributed by atoms with van der Waals surface area (Å²) in [6.45, 7) is 1.31. The summed E-state index contributed by atoms with van der Waals surface area (Å²) in [5, 5.41) is 1.99. The van der Waals surface area contributed by atoms with Gasteiger partial charge in [0.25, 0.3) is 5.56 Å². The number of aromatic amines is 1. The van der Waals surface area contributed by atoms with Gasteiger partial charge in [-0.1, -0.05) is 17.7 Å². The van der Waals surface area contributed by atoms with Gasteiger partial charge in [-0.2, -0.15) is 13.2 Å². The van der Waals surface area contributed by atoms with Gasteiger partial charge in [0.05, 0.1) is 10.6 Å². The van der Waals surface area contributed by atoms with Gasteiger partial charge in [0.15, 0.2) is 5.78 Å². The van der Waals surface area contributed by atoms with Crippen LogP contribution < -0.4 is 5.56 Å². The van der Waals surface area contributed by atoms with Crippen molar-refractivity contribution in [2.75, 3.05) is 0 Å². The predicted octanol–water partition coefficient (Wildman–Crippen LogP) is 2.93. The van der Waals surface area contributed by atoms with Crippen molar-refractivity contribution in [3.05, 3.63) is 56.0 Å². The summed E-state index contributed by atoms with van der Waals surface area (Å²) in [4.78, 5) is 23.9. The fourth-order valence-electron chi connectivity index (χ4n) is 1.92. The minimum Gasteiger partial charge on any atom is -0.302 e. The van der Waals surface area contributed by atoms with Crippen LogP contribution in [0.3, 0.4) is 0 Å². The maximum absolute atomic E-state index is 12.7. The van der Waals surface area contributed by atoms with Crippen molar-refractivity contribution in [1.29, 1.82) is 0 Å². The molecule has 0 atom stereocenters. The molecule has 0 aliphatic carbocycles. The van der Waals surface area contributed by atoms with Crippen molar-refractivity contribution in [1.82, 2.24) is 9.78 Å². The van der Waals surface area contributed by atoms with Crippen LogP contribution in [0.15, 0.2) is 23.1 Å². The Labute approximate surface area is 122 Å². The van der Waals surface area contributed by atoms with Crippen LogP contribution >= 0.6 is 11.6 Å². The van der Waals surface area contributed by atoms with E-state index in [0.717, 1.165) is 16.8 Å². The van der Waals surface area contributed by atoms with Crippen molar-refractivity contribution >= 4 is 17.4 Å². The van der Waals surface area contributed by atoms with Gasteiger partial charge in [-0.05, 0) is 18.6 Å². The van der Waals surface area contributed by atoms with Crippen molar-refractivity contribution in [2.45, 2.75) is 13.1 Å². The van der Waals surface area contributed by atoms with Gasteiger partial charge in [0, 0.05) is 18.8 Å². The van der Waals surface area contributed by atoms with E-state index < -0.39 is 28.1 Å². The first-order valence-corrected chi connectivity index (χ1v) is 6.17. The molecule has 21 heavy (non-hydrogen) atoms. The quantitative estimate of drug-likeness (QED) is 0.866. The molecule has 0 saturated carbocycles. The number of hydrogen-bond acceptors (Lipinski definition) is 2. The largest absolute Gasteiger partial charge is 0.417 e. The Balaban J connectivity index is 2.57. The lowest BCUT2D eigenvalue weighted by molar-refractivity contribution is -0.137. The Bertz CT molecular complexity index is 775. The van der Waals surface area contributed by atoms with Crippen LogP contribution in [0.25, 0.3) is 0 Å². The number of H-pyrrole nitrogens is 1. The summed E-state index contributed by atoms with van der Waals surface area (Å²) in [6, 6.07) is 1.76. The molecule has 2 rings (SSSR count). The van der Waals surface area contributed by atoms with Crippen molar-refractivity contribution in [3.63, 3.8) is 0 Å². The number of ketones is 1. The van der Waals surface area contributed by atoms with Crippen LogP contribution in [-0.4, -0.2) is 15.6 Å². The van der Waals surface area contributed by atoms with Crippen LogP contribution in [0.2, 0.25) is 5.02 Å². The van der Waals surface area contributed by atoms with Crippen LogP contribution in [0, 0.1) is 6.92 Å². The SMILES string of the molecule is Cc1c(C(=O)c2c[nH]n(C)c2=O)ccc(C(F)(F)F)c1Cl. The van der Waals surface area contributed by atoms with Gasteiger partial charge in [-0.3, -0.25) is 14.3 Å². The average Bonchev–Trinajstić information content (AvgIpc) is 2.71. The zero-order chi connectivity index (χ0) is 15.9. The van der Waals surface area contributed by atoms with Crippen molar-refractivity contribution in [2.24, 2.45) is 7.05 Å². The predicted molar refractivity (Wildman–Crippen MR) is 70.7 cm³/mol. The van der Waals surface area contributed by atoms with E-state index in [0.29, 0.717) is 0 Å². The summed E-state index contributed by atoms with van der Waals surface area (Å²) in [7, 11) is 1.42. The van der Waals surface area contributed by atoms with Gasteiger partial charge in [0.2, 0.25) is 0 Å². The summed E-state index contributed by atoms with van der Waals surface area (Å²) in [5.74, 6) is -0.676. The van der Waals surface area contributed by atoms with Gasteiger partial charge in [-0.25, -0.2) is 0 Å². The van der Waals surface area contributed by atoms with Crippen molar-refractivity contribution < 1.29 is 18.0 Å². The Morgan fingerprint density at radius 3 is 2.38 bits per heavy atom. The molecule has 0 aliphatic heterocycles. The highest BCUT2D eigenvalue weighted by Gasteiger charge is 2.34. The first-order chi connectivity index (χ1) is 9.64. The molecule has 1 N–H and O–H groups in total. The number of benzene rings is 1. The fourth-order valence-corrected chi connectivity index (χ4v) is 2.19. The second-order valence-corrected chi connectivity index (χ2v) is 4.86. The molecular formula is C13H10ClF3N2O2. The number of nitrogens with one attached hydrogen (secondary N) is 1. The van der Waals surface area contributed by atoms with Crippen LogP contribution in [-0.2, 0) is 13.2 Å². The van der Waals surface area contributed by atoms with Crippen LogP contribution in [0.1, 0.15) is 27.0 Å². The zero-order valence-electron chi connectivity index (χ0n) is 11.0. The summed E-state index contributed by atoms with van der Waals surface area (Å²) >= 11 is 5.70. The number of carbonyl (C=O) groups is 1. The molecule has 1 aromatic carbocycles. The molecule has 0 bridgehead atoms. The molecule has 2 aromatic rings. The molecular weight excluding hydrogens is 309 g/mol. The molecule has 0 fully saturated rings. The molecule has 0 aliphatic rings. The lowest BCUT2D eigenvalue weighted by Gasteiger charge is -2.13. The third kappa shape index (κ3) is 2.61. The van der Waals surface area contributed by atoms with Gasteiger partial charge < -0.3 is 5.10 Å². The summed E-state index contributed by atoms with van der Waals surface area (Å²) in [5.41, 5.74) is -1.78. The molecule has 0 radical (unpaired) electrons. The Morgan fingerprint density at radius 1 is 1.29 bits per heavy atom. The van der Waals surface area contributed by atoms with E-state index in [-0.39, 0.29) is 16.7 Å². The number of alkyl halides is 3. The Kier molecular flexibility index (Phi) is 3.71. The molecule has 0 amide bonds. The molecule has 8 heteroatoms. The first-order valence-electron chi connectivity index (χ1n) is 5.80. The highest BCUT2D eigenvalue weighted by molar-refractivity contribution is 6.33. The van der Waals surface area contributed by atoms with E-state index in [2.05, 4.69) is 5.10 Å². The van der Waals surface area contributed by atoms with E-state index >= 15 is 0 Å². The summed E-state index contributed by atoms with van der Waals surface area (Å²) < 4.78 is 39.3. The van der Waals surface area contributed by atoms with E-state index in [9.17, 15) is 22.8 Å². The highest BCUT2D eigenvalue weighted by Crippen LogP contribution is 2.37. The molecule has 0 spiro atoms. The second kappa shape index (κ2) is 5.07. The number of nitrogens with zero attached hydrogens (tertiary/aromatic N) is 1. The molecule has 0 saturated heterocycles. The average molecular weight is 319 g/mol. The fraction of sp³-hybridized carbons (Fsp3) is 0.231. The second-order valence-electron chi connectivity index (χ2n) is 4.48. The maximum Gasteiger partial charge on any atom is 0.417 e. The number of rotatable bonds is 2. The number of carbonyl (C=O) groups excluding carboxylic acids is 1. The lowest BCUT2D eigenvalue weighted by atomic mass is 9.98. The summed E-state index contributed by atoms with van der Waals surface area (Å²) in [6.07, 6.45) is -3.40. The van der Waals surface area contributed by atoms with Gasteiger partial charge in [0.1, 0.15) is 5.56 Å². The molecule has 1 heterocycles. The van der Waals surface area contributed by atoms with E-state index in [1.165, 1.54) is 20.2 Å². The normalized spacial score (nSPS) is 11.7. The van der Waals surface area contributed by atoms with E-state index in [1.54, 1.807) is 0 Å². The number of halogens is 4. The number of hydrogen-bond donors (Lipinski definition) is 1. The Hall–Kier alpha value is -2.02. The van der Waals surface area contributed by atoms with Gasteiger partial charge >= 0.3 is 6.18 Å². The third-order valence-electron chi connectivity index (χ3n) is 3.12.